The van der Waals surface area contributed by atoms with Gasteiger partial charge in [-0.25, -0.2) is 4.98 Å². The smallest absolute Gasteiger partial charge is 0.263 e. The first kappa shape index (κ1) is 16.2. The molecule has 0 bridgehead atoms. The predicted octanol–water partition coefficient (Wildman–Crippen LogP) is 2.55. The molecule has 22 heavy (non-hydrogen) atoms. The molecule has 2 amide bonds. The fraction of sp³-hybridized carbons (Fsp3) is 0.312. The molecule has 6 heteroatoms. The number of nitrogens with one attached hydrogen (secondary N) is 2. The summed E-state index contributed by atoms with van der Waals surface area (Å²) in [6.07, 6.45) is 1.13. The van der Waals surface area contributed by atoms with Gasteiger partial charge in [-0.2, -0.15) is 0 Å². The summed E-state index contributed by atoms with van der Waals surface area (Å²) in [6.45, 7) is 3.86. The summed E-state index contributed by atoms with van der Waals surface area (Å²) >= 11 is 1.25. The number of carbonyl (C=O) groups excluding carboxylic acids is 2. The summed E-state index contributed by atoms with van der Waals surface area (Å²) < 4.78 is 0. The SMILES string of the molecule is CCc1ccc(NC(=O)Cc2nc(C)c(C(=O)NC)s2)cc1. The lowest BCUT2D eigenvalue weighted by molar-refractivity contribution is -0.115. The number of aromatic nitrogens is 1. The number of benzene rings is 1. The number of carbonyl (C=O) groups is 2. The van der Waals surface area contributed by atoms with Gasteiger partial charge >= 0.3 is 0 Å². The molecule has 0 saturated carbocycles. The Morgan fingerprint density at radius 1 is 1.23 bits per heavy atom. The zero-order valence-electron chi connectivity index (χ0n) is 12.9. The lowest BCUT2D eigenvalue weighted by Gasteiger charge is -2.04. The van der Waals surface area contributed by atoms with Crippen LogP contribution in [0.3, 0.4) is 0 Å². The zero-order chi connectivity index (χ0) is 16.1. The molecule has 116 valence electrons. The Morgan fingerprint density at radius 3 is 2.50 bits per heavy atom. The molecule has 5 nitrogen and oxygen atoms in total. The van der Waals surface area contributed by atoms with E-state index >= 15 is 0 Å². The van der Waals surface area contributed by atoms with Crippen LogP contribution in [0.25, 0.3) is 0 Å². The van der Waals surface area contributed by atoms with Gasteiger partial charge in [-0.05, 0) is 31.0 Å². The summed E-state index contributed by atoms with van der Waals surface area (Å²) in [7, 11) is 1.58. The van der Waals surface area contributed by atoms with E-state index < -0.39 is 0 Å². The van der Waals surface area contributed by atoms with Gasteiger partial charge in [0.15, 0.2) is 0 Å². The standard InChI is InChI=1S/C16H19N3O2S/c1-4-11-5-7-12(8-6-11)19-13(20)9-14-18-10(2)15(22-14)16(21)17-3/h5-8H,4,9H2,1-3H3,(H,17,21)(H,19,20). The van der Waals surface area contributed by atoms with Gasteiger partial charge < -0.3 is 10.6 Å². The topological polar surface area (TPSA) is 71.1 Å². The molecule has 0 aliphatic rings. The minimum Gasteiger partial charge on any atom is -0.354 e. The van der Waals surface area contributed by atoms with Crippen LogP contribution in [0.4, 0.5) is 5.69 Å². The highest BCUT2D eigenvalue weighted by atomic mass is 32.1. The Hall–Kier alpha value is -2.21. The molecule has 1 heterocycles. The summed E-state index contributed by atoms with van der Waals surface area (Å²) in [5.74, 6) is -0.307. The lowest BCUT2D eigenvalue weighted by atomic mass is 10.1. The molecule has 2 aromatic rings. The number of hydrogen-bond donors (Lipinski definition) is 2. The van der Waals surface area contributed by atoms with Gasteiger partial charge in [0, 0.05) is 12.7 Å². The number of amides is 2. The molecule has 0 aliphatic carbocycles. The van der Waals surface area contributed by atoms with Crippen molar-refractivity contribution in [3.63, 3.8) is 0 Å². The van der Waals surface area contributed by atoms with E-state index in [-0.39, 0.29) is 18.2 Å². The van der Waals surface area contributed by atoms with E-state index in [0.717, 1.165) is 12.1 Å². The first-order chi connectivity index (χ1) is 10.5. The molecule has 0 aliphatic heterocycles. The highest BCUT2D eigenvalue weighted by Crippen LogP contribution is 2.19. The van der Waals surface area contributed by atoms with Crippen LogP contribution in [0.2, 0.25) is 0 Å². The van der Waals surface area contributed by atoms with Crippen molar-refractivity contribution >= 4 is 28.8 Å². The molecule has 2 rings (SSSR count). The Bertz CT molecular complexity index is 677. The highest BCUT2D eigenvalue weighted by Gasteiger charge is 2.15. The number of rotatable bonds is 5. The molecule has 1 aromatic carbocycles. The number of anilines is 1. The fourth-order valence-corrected chi connectivity index (χ4v) is 3.03. The molecule has 2 N–H and O–H groups in total. The van der Waals surface area contributed by atoms with Crippen LogP contribution in [-0.2, 0) is 17.6 Å². The van der Waals surface area contributed by atoms with E-state index in [2.05, 4.69) is 22.5 Å². The average Bonchev–Trinajstić information content (AvgIpc) is 2.87. The van der Waals surface area contributed by atoms with Crippen molar-refractivity contribution in [3.8, 4) is 0 Å². The van der Waals surface area contributed by atoms with E-state index in [1.807, 2.05) is 24.3 Å². The monoisotopic (exact) mass is 317 g/mol. The van der Waals surface area contributed by atoms with E-state index in [1.165, 1.54) is 16.9 Å². The Labute approximate surface area is 133 Å². The van der Waals surface area contributed by atoms with Crippen LogP contribution in [0.1, 0.15) is 32.9 Å². The molecule has 1 aromatic heterocycles. The van der Waals surface area contributed by atoms with Gasteiger partial charge in [0.05, 0.1) is 12.1 Å². The van der Waals surface area contributed by atoms with Crippen molar-refractivity contribution in [2.45, 2.75) is 26.7 Å². The van der Waals surface area contributed by atoms with Crippen LogP contribution in [0.15, 0.2) is 24.3 Å². The van der Waals surface area contributed by atoms with E-state index in [9.17, 15) is 9.59 Å². The molecule has 0 saturated heterocycles. The van der Waals surface area contributed by atoms with Crippen LogP contribution in [-0.4, -0.2) is 23.8 Å². The third-order valence-electron chi connectivity index (χ3n) is 3.23. The largest absolute Gasteiger partial charge is 0.354 e. The maximum atomic E-state index is 12.1. The second-order valence-electron chi connectivity index (χ2n) is 4.88. The first-order valence-electron chi connectivity index (χ1n) is 7.10. The highest BCUT2D eigenvalue weighted by molar-refractivity contribution is 7.13. The number of nitrogens with zero attached hydrogens (tertiary/aromatic N) is 1. The van der Waals surface area contributed by atoms with Crippen molar-refractivity contribution in [1.29, 1.82) is 0 Å². The molecular formula is C16H19N3O2S. The summed E-state index contributed by atoms with van der Waals surface area (Å²) in [6, 6.07) is 7.76. The second kappa shape index (κ2) is 7.17. The van der Waals surface area contributed by atoms with Crippen molar-refractivity contribution in [2.24, 2.45) is 0 Å². The van der Waals surface area contributed by atoms with Crippen LogP contribution >= 0.6 is 11.3 Å². The summed E-state index contributed by atoms with van der Waals surface area (Å²) in [5.41, 5.74) is 2.64. The minimum atomic E-state index is -0.170. The Balaban J connectivity index is 2.01. The fourth-order valence-electron chi connectivity index (χ4n) is 2.02. The number of thiazole rings is 1. The summed E-state index contributed by atoms with van der Waals surface area (Å²) in [5, 5.41) is 6.05. The van der Waals surface area contributed by atoms with Gasteiger partial charge in [-0.1, -0.05) is 19.1 Å². The number of hydrogen-bond acceptors (Lipinski definition) is 4. The van der Waals surface area contributed by atoms with Crippen molar-refractivity contribution in [2.75, 3.05) is 12.4 Å². The van der Waals surface area contributed by atoms with Crippen molar-refractivity contribution < 1.29 is 9.59 Å². The lowest BCUT2D eigenvalue weighted by Crippen LogP contribution is -2.17. The van der Waals surface area contributed by atoms with Gasteiger partial charge in [0.2, 0.25) is 5.91 Å². The van der Waals surface area contributed by atoms with Crippen molar-refractivity contribution in [1.82, 2.24) is 10.3 Å². The van der Waals surface area contributed by atoms with Crippen LogP contribution in [0, 0.1) is 6.92 Å². The summed E-state index contributed by atoms with van der Waals surface area (Å²) in [4.78, 5) is 28.5. The quantitative estimate of drug-likeness (QED) is 0.890. The maximum absolute atomic E-state index is 12.1. The average molecular weight is 317 g/mol. The Kier molecular flexibility index (Phi) is 5.27. The van der Waals surface area contributed by atoms with Crippen molar-refractivity contribution in [3.05, 3.63) is 45.4 Å². The molecule has 0 fully saturated rings. The van der Waals surface area contributed by atoms with E-state index in [0.29, 0.717) is 15.6 Å². The zero-order valence-corrected chi connectivity index (χ0v) is 13.7. The minimum absolute atomic E-state index is 0.138. The molecule has 0 radical (unpaired) electrons. The molecule has 0 spiro atoms. The van der Waals surface area contributed by atoms with Crippen LogP contribution in [0.5, 0.6) is 0 Å². The van der Waals surface area contributed by atoms with E-state index in [4.69, 9.17) is 0 Å². The predicted molar refractivity (Wildman–Crippen MR) is 88.4 cm³/mol. The number of aryl methyl sites for hydroxylation is 2. The van der Waals surface area contributed by atoms with Gasteiger partial charge in [0.25, 0.3) is 5.91 Å². The third-order valence-corrected chi connectivity index (χ3v) is 4.39. The van der Waals surface area contributed by atoms with Gasteiger partial charge in [-0.3, -0.25) is 9.59 Å². The van der Waals surface area contributed by atoms with Gasteiger partial charge in [-0.15, -0.1) is 11.3 Å². The molecule has 0 atom stereocenters. The molecular weight excluding hydrogens is 298 g/mol. The van der Waals surface area contributed by atoms with Gasteiger partial charge in [0.1, 0.15) is 9.88 Å². The third kappa shape index (κ3) is 3.92. The first-order valence-corrected chi connectivity index (χ1v) is 7.92. The molecule has 0 unspecified atom stereocenters. The van der Waals surface area contributed by atoms with Crippen LogP contribution < -0.4 is 10.6 Å². The normalized spacial score (nSPS) is 10.3. The second-order valence-corrected chi connectivity index (χ2v) is 5.96. The maximum Gasteiger partial charge on any atom is 0.263 e. The Morgan fingerprint density at radius 2 is 1.91 bits per heavy atom. The van der Waals surface area contributed by atoms with E-state index in [1.54, 1.807) is 14.0 Å².